The maximum absolute atomic E-state index is 12.1. The van der Waals surface area contributed by atoms with Crippen LogP contribution < -0.4 is 10.1 Å². The molecule has 0 saturated heterocycles. The highest BCUT2D eigenvalue weighted by Gasteiger charge is 2.29. The van der Waals surface area contributed by atoms with E-state index in [1.807, 2.05) is 42.5 Å². The third kappa shape index (κ3) is 7.43. The zero-order valence-corrected chi connectivity index (χ0v) is 21.6. The molecular weight excluding hydrogens is 530 g/mol. The number of nitriles is 1. The lowest BCUT2D eigenvalue weighted by Gasteiger charge is -2.25. The van der Waals surface area contributed by atoms with Gasteiger partial charge in [0.25, 0.3) is 0 Å². The summed E-state index contributed by atoms with van der Waals surface area (Å²) in [6, 6.07) is 22.4. The molecule has 0 saturated carbocycles. The maximum Gasteiger partial charge on any atom is 0.326 e. The molecule has 3 unspecified atom stereocenters. The first-order valence-electron chi connectivity index (χ1n) is 10.7. The minimum absolute atomic E-state index is 0.217. The number of benzene rings is 3. The van der Waals surface area contributed by atoms with Crippen molar-refractivity contribution in [1.82, 2.24) is 0 Å². The summed E-state index contributed by atoms with van der Waals surface area (Å²) >= 11 is 24.0. The van der Waals surface area contributed by atoms with Gasteiger partial charge < -0.3 is 15.2 Å². The van der Waals surface area contributed by atoms with Gasteiger partial charge in [-0.15, -0.1) is 0 Å². The quantitative estimate of drug-likeness (QED) is 0.262. The van der Waals surface area contributed by atoms with Gasteiger partial charge in [-0.05, 0) is 54.3 Å². The second kappa shape index (κ2) is 11.9. The minimum Gasteiger partial charge on any atom is -0.480 e. The molecule has 0 fully saturated rings. The molecule has 3 rings (SSSR count). The number of rotatable bonds is 9. The van der Waals surface area contributed by atoms with Crippen LogP contribution >= 0.6 is 46.4 Å². The van der Waals surface area contributed by atoms with E-state index >= 15 is 0 Å². The lowest BCUT2D eigenvalue weighted by atomic mass is 9.86. The third-order valence-electron chi connectivity index (χ3n) is 5.45. The lowest BCUT2D eigenvalue weighted by molar-refractivity contribution is -0.139. The minimum atomic E-state index is -1.65. The fourth-order valence-electron chi connectivity index (χ4n) is 3.61. The summed E-state index contributed by atoms with van der Waals surface area (Å²) in [5, 5.41) is 22.9. The molecule has 0 aliphatic carbocycles. The second-order valence-electron chi connectivity index (χ2n) is 8.03. The average molecular weight is 552 g/mol. The van der Waals surface area contributed by atoms with Gasteiger partial charge in [-0.3, -0.25) is 0 Å². The highest BCUT2D eigenvalue weighted by molar-refractivity contribution is 6.66. The summed E-state index contributed by atoms with van der Waals surface area (Å²) in [5.74, 6) is -0.776. The van der Waals surface area contributed by atoms with Crippen molar-refractivity contribution in [3.63, 3.8) is 0 Å². The highest BCUT2D eigenvalue weighted by atomic mass is 35.6. The molecule has 9 heteroatoms. The molecule has 3 aromatic rings. The van der Waals surface area contributed by atoms with Crippen molar-refractivity contribution in [3.8, 4) is 17.6 Å². The first-order valence-corrected chi connectivity index (χ1v) is 12.2. The first-order chi connectivity index (χ1) is 16.6. The number of ether oxygens (including phenoxy) is 1. The van der Waals surface area contributed by atoms with Crippen molar-refractivity contribution in [2.45, 2.75) is 29.1 Å². The number of carboxylic acid groups (broad SMARTS) is 1. The van der Waals surface area contributed by atoms with Crippen molar-refractivity contribution in [1.29, 1.82) is 5.26 Å². The summed E-state index contributed by atoms with van der Waals surface area (Å²) in [4.78, 5) is 12.1. The number of halogens is 4. The molecule has 0 aliphatic heterocycles. The molecule has 2 N–H and O–H groups in total. The molecule has 0 spiro atoms. The van der Waals surface area contributed by atoms with E-state index in [1.54, 1.807) is 31.2 Å². The zero-order chi connectivity index (χ0) is 25.6. The number of nitrogens with zero attached hydrogens (tertiary/aromatic N) is 1. The third-order valence-corrected chi connectivity index (χ3v) is 6.41. The van der Waals surface area contributed by atoms with Crippen LogP contribution in [-0.4, -0.2) is 17.1 Å². The summed E-state index contributed by atoms with van der Waals surface area (Å²) < 4.78 is 4.22. The van der Waals surface area contributed by atoms with Crippen LogP contribution in [0.4, 0.5) is 5.69 Å². The van der Waals surface area contributed by atoms with Gasteiger partial charge in [-0.2, -0.15) is 5.26 Å². The van der Waals surface area contributed by atoms with E-state index in [2.05, 4.69) is 11.4 Å². The van der Waals surface area contributed by atoms with E-state index in [-0.39, 0.29) is 5.02 Å². The molecule has 5 nitrogen and oxygen atoms in total. The lowest BCUT2D eigenvalue weighted by Crippen LogP contribution is -2.36. The van der Waals surface area contributed by atoms with Crippen LogP contribution in [0.15, 0.2) is 72.8 Å². The Morgan fingerprint density at radius 3 is 2.34 bits per heavy atom. The number of carbonyl (C=O) groups is 1. The van der Waals surface area contributed by atoms with Gasteiger partial charge in [0.15, 0.2) is 0 Å². The van der Waals surface area contributed by atoms with Gasteiger partial charge in [0.1, 0.15) is 17.5 Å². The Labute approximate surface area is 224 Å². The Morgan fingerprint density at radius 2 is 1.74 bits per heavy atom. The Hall–Kier alpha value is -2.62. The number of carboxylic acids is 1. The van der Waals surface area contributed by atoms with Crippen LogP contribution in [0.2, 0.25) is 5.02 Å². The van der Waals surface area contributed by atoms with Crippen LogP contribution in [0, 0.1) is 17.2 Å². The molecule has 0 aromatic heterocycles. The van der Waals surface area contributed by atoms with Crippen molar-refractivity contribution in [2.75, 3.05) is 5.32 Å². The Morgan fingerprint density at radius 1 is 1.06 bits per heavy atom. The highest BCUT2D eigenvalue weighted by Crippen LogP contribution is 2.40. The summed E-state index contributed by atoms with van der Waals surface area (Å²) in [7, 11) is 0. The van der Waals surface area contributed by atoms with Gasteiger partial charge in [-0.25, -0.2) is 4.79 Å². The normalized spacial score (nSPS) is 13.8. The number of para-hydroxylation sites is 1. The predicted molar refractivity (Wildman–Crippen MR) is 141 cm³/mol. The SMILES string of the molecule is CC(CC(C#N)c1cccc(Oc2ccccc2)c1)C(Nc1ccc(C(Cl)(Cl)Cl)cc1Cl)C(=O)O. The fourth-order valence-corrected chi connectivity index (χ4v) is 4.20. The van der Waals surface area contributed by atoms with Crippen LogP contribution in [0.25, 0.3) is 0 Å². The molecule has 0 radical (unpaired) electrons. The van der Waals surface area contributed by atoms with E-state index in [0.29, 0.717) is 29.2 Å². The van der Waals surface area contributed by atoms with E-state index in [0.717, 1.165) is 5.56 Å². The molecule has 182 valence electrons. The molecule has 0 bridgehead atoms. The first kappa shape index (κ1) is 27.0. The van der Waals surface area contributed by atoms with Crippen molar-refractivity contribution in [2.24, 2.45) is 5.92 Å². The predicted octanol–water partition coefficient (Wildman–Crippen LogP) is 8.16. The van der Waals surface area contributed by atoms with Crippen molar-refractivity contribution in [3.05, 3.63) is 88.9 Å². The smallest absolute Gasteiger partial charge is 0.326 e. The van der Waals surface area contributed by atoms with Crippen LogP contribution in [0.1, 0.15) is 30.4 Å². The number of aliphatic carboxylic acids is 1. The monoisotopic (exact) mass is 550 g/mol. The van der Waals surface area contributed by atoms with Crippen LogP contribution in [0.5, 0.6) is 11.5 Å². The van der Waals surface area contributed by atoms with Gasteiger partial charge in [0, 0.05) is 5.56 Å². The van der Waals surface area contributed by atoms with Gasteiger partial charge in [0.05, 0.1) is 22.7 Å². The van der Waals surface area contributed by atoms with Crippen molar-refractivity contribution >= 4 is 58.1 Å². The molecule has 0 amide bonds. The van der Waals surface area contributed by atoms with E-state index in [1.165, 1.54) is 6.07 Å². The molecule has 0 heterocycles. The summed E-state index contributed by atoms with van der Waals surface area (Å²) in [6.45, 7) is 1.77. The molecule has 3 aromatic carbocycles. The standard InChI is InChI=1S/C26H22Cl4N2O3/c1-16(24(25(33)34)32-23-11-10-19(14-22(23)27)26(28,29)30)12-18(15-31)17-6-5-9-21(13-17)35-20-7-3-2-4-8-20/h2-11,13-14,16,18,24,32H,12H2,1H3,(H,33,34). The van der Waals surface area contributed by atoms with E-state index in [9.17, 15) is 15.2 Å². The number of nitrogens with one attached hydrogen (secondary N) is 1. The fraction of sp³-hybridized carbons (Fsp3) is 0.231. The van der Waals surface area contributed by atoms with E-state index < -0.39 is 27.6 Å². The molecular formula is C26H22Cl4N2O3. The Kier molecular flexibility index (Phi) is 9.15. The number of anilines is 1. The molecule has 35 heavy (non-hydrogen) atoms. The number of hydrogen-bond donors (Lipinski definition) is 2. The average Bonchev–Trinajstić information content (AvgIpc) is 2.81. The number of hydrogen-bond acceptors (Lipinski definition) is 4. The number of alkyl halides is 3. The van der Waals surface area contributed by atoms with Crippen LogP contribution in [0.3, 0.4) is 0 Å². The van der Waals surface area contributed by atoms with Gasteiger partial charge in [-0.1, -0.05) is 89.7 Å². The Bertz CT molecular complexity index is 1210. The van der Waals surface area contributed by atoms with Gasteiger partial charge >= 0.3 is 5.97 Å². The van der Waals surface area contributed by atoms with E-state index in [4.69, 9.17) is 51.1 Å². The zero-order valence-electron chi connectivity index (χ0n) is 18.6. The second-order valence-corrected chi connectivity index (χ2v) is 10.7. The maximum atomic E-state index is 12.1. The summed E-state index contributed by atoms with van der Waals surface area (Å²) in [6.07, 6.45) is 0.291. The topological polar surface area (TPSA) is 82.3 Å². The molecule has 3 atom stereocenters. The van der Waals surface area contributed by atoms with Crippen LogP contribution in [-0.2, 0) is 8.59 Å². The molecule has 0 aliphatic rings. The summed E-state index contributed by atoms with van der Waals surface area (Å²) in [5.41, 5.74) is 1.48. The van der Waals surface area contributed by atoms with Crippen molar-refractivity contribution < 1.29 is 14.6 Å². The van der Waals surface area contributed by atoms with Gasteiger partial charge in [0.2, 0.25) is 3.79 Å². The Balaban J connectivity index is 1.75. The largest absolute Gasteiger partial charge is 0.480 e.